The molecule has 0 fully saturated rings. The fourth-order valence-corrected chi connectivity index (χ4v) is 4.27. The highest BCUT2D eigenvalue weighted by atomic mass is 79.9. The van der Waals surface area contributed by atoms with Gasteiger partial charge < -0.3 is 0 Å². The number of hydrogen-bond donors (Lipinski definition) is 1. The van der Waals surface area contributed by atoms with Crippen LogP contribution >= 0.6 is 15.9 Å². The second-order valence-corrected chi connectivity index (χ2v) is 8.69. The number of nitrogens with one attached hydrogen (secondary N) is 1. The SMILES string of the molecule is CCN(CC)S(=O)(=O)c1ccc(N/N=C(/C)c2ccc(Br)cc2)c([N+](=O)[O-])c1. The smallest absolute Gasteiger partial charge is 0.271 e. The van der Waals surface area contributed by atoms with E-state index in [2.05, 4.69) is 26.5 Å². The minimum absolute atomic E-state index is 0.111. The molecular formula is C18H21BrN4O4S. The zero-order chi connectivity index (χ0) is 20.9. The van der Waals surface area contributed by atoms with E-state index in [9.17, 15) is 18.5 Å². The maximum absolute atomic E-state index is 12.6. The van der Waals surface area contributed by atoms with Crippen LogP contribution in [-0.2, 0) is 10.0 Å². The maximum Gasteiger partial charge on any atom is 0.295 e. The van der Waals surface area contributed by atoms with Crippen LogP contribution in [0.3, 0.4) is 0 Å². The lowest BCUT2D eigenvalue weighted by Gasteiger charge is -2.18. The van der Waals surface area contributed by atoms with Gasteiger partial charge in [-0.3, -0.25) is 15.5 Å². The summed E-state index contributed by atoms with van der Waals surface area (Å²) in [6.45, 7) is 5.75. The first kappa shape index (κ1) is 22.0. The van der Waals surface area contributed by atoms with Crippen molar-refractivity contribution in [2.45, 2.75) is 25.7 Å². The number of rotatable bonds is 8. The molecule has 0 aliphatic heterocycles. The molecule has 2 aromatic rings. The summed E-state index contributed by atoms with van der Waals surface area (Å²) in [5, 5.41) is 15.6. The Morgan fingerprint density at radius 1 is 1.18 bits per heavy atom. The second-order valence-electron chi connectivity index (χ2n) is 5.84. The number of sulfonamides is 1. The van der Waals surface area contributed by atoms with Gasteiger partial charge in [-0.25, -0.2) is 8.42 Å². The molecule has 0 heterocycles. The van der Waals surface area contributed by atoms with Crippen LogP contribution in [0.1, 0.15) is 26.3 Å². The molecule has 0 spiro atoms. The van der Waals surface area contributed by atoms with Gasteiger partial charge in [-0.2, -0.15) is 9.41 Å². The zero-order valence-electron chi connectivity index (χ0n) is 15.7. The van der Waals surface area contributed by atoms with Crippen molar-refractivity contribution >= 4 is 43.0 Å². The van der Waals surface area contributed by atoms with Crippen LogP contribution in [-0.4, -0.2) is 36.4 Å². The minimum Gasteiger partial charge on any atom is -0.271 e. The van der Waals surface area contributed by atoms with Gasteiger partial charge in [0.15, 0.2) is 0 Å². The summed E-state index contributed by atoms with van der Waals surface area (Å²) in [6.07, 6.45) is 0. The maximum atomic E-state index is 12.6. The molecule has 0 aliphatic carbocycles. The summed E-state index contributed by atoms with van der Waals surface area (Å²) < 4.78 is 27.4. The molecule has 0 aliphatic rings. The van der Waals surface area contributed by atoms with Crippen molar-refractivity contribution in [3.8, 4) is 0 Å². The van der Waals surface area contributed by atoms with Gasteiger partial charge in [-0.15, -0.1) is 0 Å². The molecule has 0 amide bonds. The number of nitrogens with zero attached hydrogens (tertiary/aromatic N) is 3. The van der Waals surface area contributed by atoms with Crippen LogP contribution in [0.25, 0.3) is 0 Å². The van der Waals surface area contributed by atoms with E-state index in [-0.39, 0.29) is 29.4 Å². The van der Waals surface area contributed by atoms with Crippen molar-refractivity contribution in [3.05, 3.63) is 62.6 Å². The Bertz CT molecular complexity index is 987. The van der Waals surface area contributed by atoms with Crippen molar-refractivity contribution < 1.29 is 13.3 Å². The van der Waals surface area contributed by atoms with E-state index in [4.69, 9.17) is 0 Å². The zero-order valence-corrected chi connectivity index (χ0v) is 18.1. The third-order valence-electron chi connectivity index (χ3n) is 4.12. The Morgan fingerprint density at radius 3 is 2.32 bits per heavy atom. The predicted molar refractivity (Wildman–Crippen MR) is 113 cm³/mol. The minimum atomic E-state index is -3.79. The van der Waals surface area contributed by atoms with Gasteiger partial charge >= 0.3 is 0 Å². The van der Waals surface area contributed by atoms with E-state index in [1.807, 2.05) is 24.3 Å². The molecule has 0 bridgehead atoms. The Balaban J connectivity index is 2.37. The molecule has 0 radical (unpaired) electrons. The number of anilines is 1. The fraction of sp³-hybridized carbons (Fsp3) is 0.278. The van der Waals surface area contributed by atoms with Crippen LogP contribution in [0.5, 0.6) is 0 Å². The molecule has 0 saturated carbocycles. The van der Waals surface area contributed by atoms with Crippen LogP contribution < -0.4 is 5.43 Å². The van der Waals surface area contributed by atoms with Crippen LogP contribution in [0.4, 0.5) is 11.4 Å². The first-order valence-corrected chi connectivity index (χ1v) is 10.8. The molecule has 2 rings (SSSR count). The summed E-state index contributed by atoms with van der Waals surface area (Å²) in [5.41, 5.74) is 3.89. The Hall–Kier alpha value is -2.30. The molecule has 28 heavy (non-hydrogen) atoms. The molecule has 0 unspecified atom stereocenters. The van der Waals surface area contributed by atoms with Crippen molar-refractivity contribution in [2.75, 3.05) is 18.5 Å². The quantitative estimate of drug-likeness (QED) is 0.354. The van der Waals surface area contributed by atoms with Gasteiger partial charge in [-0.05, 0) is 36.8 Å². The number of nitro benzene ring substituents is 1. The highest BCUT2D eigenvalue weighted by Gasteiger charge is 2.25. The first-order valence-electron chi connectivity index (χ1n) is 8.55. The summed E-state index contributed by atoms with van der Waals surface area (Å²) >= 11 is 3.36. The standard InChI is InChI=1S/C18H21BrN4O4S/c1-4-22(5-2)28(26,27)16-10-11-17(18(12-16)23(24)25)21-20-13(3)14-6-8-15(19)9-7-14/h6-12,21H,4-5H2,1-3H3/b20-13-. The average molecular weight is 469 g/mol. The van der Waals surface area contributed by atoms with E-state index in [1.54, 1.807) is 20.8 Å². The lowest BCUT2D eigenvalue weighted by Crippen LogP contribution is -2.30. The predicted octanol–water partition coefficient (Wildman–Crippen LogP) is 4.22. The topological polar surface area (TPSA) is 105 Å². The summed E-state index contributed by atoms with van der Waals surface area (Å²) in [7, 11) is -3.79. The lowest BCUT2D eigenvalue weighted by atomic mass is 10.1. The molecule has 150 valence electrons. The van der Waals surface area contributed by atoms with Crippen molar-refractivity contribution in [3.63, 3.8) is 0 Å². The van der Waals surface area contributed by atoms with E-state index in [0.29, 0.717) is 5.71 Å². The summed E-state index contributed by atoms with van der Waals surface area (Å²) in [6, 6.07) is 11.2. The number of hydrazone groups is 1. The normalized spacial score (nSPS) is 12.2. The molecule has 0 atom stereocenters. The Labute approximate surface area is 172 Å². The molecule has 2 aromatic carbocycles. The van der Waals surface area contributed by atoms with Crippen LogP contribution in [0.2, 0.25) is 0 Å². The van der Waals surface area contributed by atoms with E-state index in [1.165, 1.54) is 16.4 Å². The fourth-order valence-electron chi connectivity index (χ4n) is 2.53. The summed E-state index contributed by atoms with van der Waals surface area (Å²) in [4.78, 5) is 10.7. The Kier molecular flexibility index (Phi) is 7.28. The van der Waals surface area contributed by atoms with Gasteiger partial charge in [0.25, 0.3) is 5.69 Å². The van der Waals surface area contributed by atoms with E-state index >= 15 is 0 Å². The van der Waals surface area contributed by atoms with E-state index in [0.717, 1.165) is 16.1 Å². The molecule has 1 N–H and O–H groups in total. The Morgan fingerprint density at radius 2 is 1.79 bits per heavy atom. The summed E-state index contributed by atoms with van der Waals surface area (Å²) in [5.74, 6) is 0. The molecule has 10 heteroatoms. The van der Waals surface area contributed by atoms with Gasteiger partial charge in [-0.1, -0.05) is 41.9 Å². The molecule has 0 aromatic heterocycles. The number of nitro groups is 1. The third kappa shape index (κ3) is 4.94. The third-order valence-corrected chi connectivity index (χ3v) is 6.69. The van der Waals surface area contributed by atoms with Crippen molar-refractivity contribution in [1.82, 2.24) is 4.31 Å². The van der Waals surface area contributed by atoms with Crippen molar-refractivity contribution in [1.29, 1.82) is 0 Å². The molecule has 0 saturated heterocycles. The molecule has 8 nitrogen and oxygen atoms in total. The highest BCUT2D eigenvalue weighted by molar-refractivity contribution is 9.10. The molecular weight excluding hydrogens is 448 g/mol. The van der Waals surface area contributed by atoms with Gasteiger partial charge in [0, 0.05) is 23.6 Å². The largest absolute Gasteiger partial charge is 0.295 e. The first-order chi connectivity index (χ1) is 13.2. The van der Waals surface area contributed by atoms with E-state index < -0.39 is 14.9 Å². The lowest BCUT2D eigenvalue weighted by molar-refractivity contribution is -0.384. The second kappa shape index (κ2) is 9.26. The van der Waals surface area contributed by atoms with Gasteiger partial charge in [0.05, 0.1) is 15.5 Å². The number of halogens is 1. The van der Waals surface area contributed by atoms with Crippen LogP contribution in [0.15, 0.2) is 56.9 Å². The van der Waals surface area contributed by atoms with Crippen LogP contribution in [0, 0.1) is 10.1 Å². The van der Waals surface area contributed by atoms with Crippen molar-refractivity contribution in [2.24, 2.45) is 5.10 Å². The van der Waals surface area contributed by atoms with Gasteiger partial charge in [0.2, 0.25) is 10.0 Å². The monoisotopic (exact) mass is 468 g/mol. The number of benzene rings is 2. The highest BCUT2D eigenvalue weighted by Crippen LogP contribution is 2.29. The van der Waals surface area contributed by atoms with Gasteiger partial charge in [0.1, 0.15) is 5.69 Å². The average Bonchev–Trinajstić information content (AvgIpc) is 2.67. The number of hydrogen-bond acceptors (Lipinski definition) is 6.